The summed E-state index contributed by atoms with van der Waals surface area (Å²) in [6.45, 7) is 3.10. The fourth-order valence-electron chi connectivity index (χ4n) is 2.74. The highest BCUT2D eigenvalue weighted by atomic mass is 35.5. The van der Waals surface area contributed by atoms with Gasteiger partial charge in [0.15, 0.2) is 15.6 Å². The zero-order valence-electron chi connectivity index (χ0n) is 15.2. The molecule has 1 aromatic rings. The van der Waals surface area contributed by atoms with E-state index in [2.05, 4.69) is 0 Å². The third-order valence-electron chi connectivity index (χ3n) is 4.31. The second-order valence-corrected chi connectivity index (χ2v) is 8.41. The molecule has 0 aromatic heterocycles. The Labute approximate surface area is 158 Å². The quantitative estimate of drug-likeness (QED) is 0.727. The Balaban J connectivity index is 0.00000163. The molecular weight excluding hydrogens is 385 g/mol. The largest absolute Gasteiger partial charge is 0.504 e. The number of ether oxygens (including phenoxy) is 1. The summed E-state index contributed by atoms with van der Waals surface area (Å²) in [6.07, 6.45) is 0.579. The Morgan fingerprint density at radius 2 is 1.92 bits per heavy atom. The van der Waals surface area contributed by atoms with E-state index in [-0.39, 0.29) is 43.3 Å². The molecule has 0 saturated carbocycles. The first kappa shape index (κ1) is 22.7. The number of alkyl halides is 1. The number of phenolic OH excluding ortho intramolecular Hbond substituents is 1. The third kappa shape index (κ3) is 4.13. The summed E-state index contributed by atoms with van der Waals surface area (Å²) in [5, 5.41) is 10.3. The molecule has 1 aromatic carbocycles. The van der Waals surface area contributed by atoms with Crippen LogP contribution in [0.25, 0.3) is 0 Å². The molecule has 1 fully saturated rings. The number of carbonyl (C=O) groups excluding carboxylic acids is 1. The number of sulfone groups is 1. The molecule has 148 valence electrons. The van der Waals surface area contributed by atoms with E-state index in [9.17, 15) is 22.7 Å². The number of likely N-dealkylation sites (N-methyl/N-ethyl adjacent to an activating group) is 1. The van der Waals surface area contributed by atoms with Gasteiger partial charge < -0.3 is 19.5 Å². The fraction of sp³-hybridized carbons (Fsp3) is 0.588. The Hall–Kier alpha value is -1.38. The van der Waals surface area contributed by atoms with Crippen LogP contribution >= 0.6 is 11.6 Å². The summed E-state index contributed by atoms with van der Waals surface area (Å²) in [4.78, 5) is 11.5. The Kier molecular flexibility index (Phi) is 8.30. The van der Waals surface area contributed by atoms with Crippen molar-refractivity contribution in [3.05, 3.63) is 17.2 Å². The minimum atomic E-state index is -4.26. The zero-order chi connectivity index (χ0) is 20.0. The van der Waals surface area contributed by atoms with Crippen molar-refractivity contribution >= 4 is 33.4 Å². The molecule has 0 spiro atoms. The van der Waals surface area contributed by atoms with Crippen LogP contribution in [0.1, 0.15) is 26.7 Å². The van der Waals surface area contributed by atoms with Crippen LogP contribution in [-0.2, 0) is 19.4 Å². The molecule has 6 nitrogen and oxygen atoms in total. The van der Waals surface area contributed by atoms with Crippen LogP contribution in [0.5, 0.6) is 5.75 Å². The maximum absolute atomic E-state index is 13.7. The van der Waals surface area contributed by atoms with Crippen LogP contribution in [0.4, 0.5) is 10.1 Å². The van der Waals surface area contributed by atoms with Crippen LogP contribution in [0.15, 0.2) is 17.0 Å². The van der Waals surface area contributed by atoms with Gasteiger partial charge in [0.2, 0.25) is 0 Å². The number of phenols is 1. The molecule has 2 rings (SSSR count). The lowest BCUT2D eigenvalue weighted by molar-refractivity contribution is -0.106. The Morgan fingerprint density at radius 3 is 2.42 bits per heavy atom. The van der Waals surface area contributed by atoms with Crippen molar-refractivity contribution in [2.45, 2.75) is 36.3 Å². The van der Waals surface area contributed by atoms with Crippen molar-refractivity contribution in [1.29, 1.82) is 0 Å². The molecule has 1 heterocycles. The standard InChI is InChI=1S/C15H19ClFNO5S.C2H6/c1-18(6-7-19)12-3-2-11(16)14(13(12)20)24(21,22)15(10-17)4-8-23-9-5-15;1-2/h2-3,7,20H,4-6,8-10H2,1H3;1-2H3. The molecule has 0 unspecified atom stereocenters. The van der Waals surface area contributed by atoms with Gasteiger partial charge in [0.05, 0.1) is 17.3 Å². The van der Waals surface area contributed by atoms with E-state index in [1.165, 1.54) is 24.1 Å². The minimum Gasteiger partial charge on any atom is -0.504 e. The fourth-order valence-corrected chi connectivity index (χ4v) is 5.17. The molecule has 0 amide bonds. The highest BCUT2D eigenvalue weighted by molar-refractivity contribution is 7.93. The smallest absolute Gasteiger partial charge is 0.192 e. The van der Waals surface area contributed by atoms with Gasteiger partial charge in [0.1, 0.15) is 22.6 Å². The number of benzene rings is 1. The molecule has 0 bridgehead atoms. The maximum atomic E-state index is 13.7. The Bertz CT molecular complexity index is 720. The van der Waals surface area contributed by atoms with Crippen molar-refractivity contribution in [1.82, 2.24) is 0 Å². The van der Waals surface area contributed by atoms with E-state index in [4.69, 9.17) is 16.3 Å². The van der Waals surface area contributed by atoms with E-state index in [0.29, 0.717) is 6.29 Å². The number of anilines is 1. The van der Waals surface area contributed by atoms with Gasteiger partial charge in [-0.25, -0.2) is 12.8 Å². The van der Waals surface area contributed by atoms with E-state index < -0.39 is 31.9 Å². The summed E-state index contributed by atoms with van der Waals surface area (Å²) >= 11 is 6.03. The van der Waals surface area contributed by atoms with Crippen LogP contribution in [0.2, 0.25) is 5.02 Å². The molecule has 1 aliphatic rings. The van der Waals surface area contributed by atoms with E-state index in [0.717, 1.165) is 0 Å². The lowest BCUT2D eigenvalue weighted by Gasteiger charge is -2.34. The van der Waals surface area contributed by atoms with Crippen LogP contribution < -0.4 is 4.90 Å². The molecular formula is C17H25ClFNO5S. The van der Waals surface area contributed by atoms with Gasteiger partial charge >= 0.3 is 0 Å². The highest BCUT2D eigenvalue weighted by Gasteiger charge is 2.48. The number of nitrogens with zero attached hydrogens (tertiary/aromatic N) is 1. The van der Waals surface area contributed by atoms with E-state index >= 15 is 0 Å². The lowest BCUT2D eigenvalue weighted by atomic mass is 10.0. The summed E-state index contributed by atoms with van der Waals surface area (Å²) in [7, 11) is -2.74. The molecule has 0 atom stereocenters. The third-order valence-corrected chi connectivity index (χ3v) is 7.34. The Morgan fingerprint density at radius 1 is 1.35 bits per heavy atom. The monoisotopic (exact) mass is 409 g/mol. The number of aldehydes is 1. The normalized spacial score (nSPS) is 16.3. The second-order valence-electron chi connectivity index (χ2n) is 5.72. The van der Waals surface area contributed by atoms with Gasteiger partial charge in [-0.2, -0.15) is 0 Å². The van der Waals surface area contributed by atoms with E-state index in [1.54, 1.807) is 0 Å². The lowest BCUT2D eigenvalue weighted by Crippen LogP contribution is -2.46. The van der Waals surface area contributed by atoms with Crippen LogP contribution in [0.3, 0.4) is 0 Å². The SMILES string of the molecule is CC.CN(CC=O)c1ccc(Cl)c(S(=O)(=O)C2(CF)CCOCC2)c1O. The summed E-state index contributed by atoms with van der Waals surface area (Å²) < 4.78 is 43.4. The minimum absolute atomic E-state index is 0.0179. The first-order chi connectivity index (χ1) is 12.3. The van der Waals surface area contributed by atoms with Gasteiger partial charge in [-0.05, 0) is 25.0 Å². The van der Waals surface area contributed by atoms with E-state index in [1.807, 2.05) is 13.8 Å². The molecule has 26 heavy (non-hydrogen) atoms. The summed E-state index contributed by atoms with van der Waals surface area (Å²) in [5.74, 6) is -0.578. The van der Waals surface area contributed by atoms with Gasteiger partial charge in [-0.1, -0.05) is 25.4 Å². The van der Waals surface area contributed by atoms with Crippen LogP contribution in [0, 0.1) is 0 Å². The molecule has 1 N–H and O–H groups in total. The van der Waals surface area contributed by atoms with Crippen molar-refractivity contribution in [2.24, 2.45) is 0 Å². The van der Waals surface area contributed by atoms with Crippen molar-refractivity contribution in [2.75, 3.05) is 38.4 Å². The van der Waals surface area contributed by atoms with Crippen molar-refractivity contribution in [3.8, 4) is 5.75 Å². The van der Waals surface area contributed by atoms with Gasteiger partial charge in [0.25, 0.3) is 0 Å². The molecule has 1 aliphatic heterocycles. The summed E-state index contributed by atoms with van der Waals surface area (Å²) in [6, 6.07) is 2.72. The molecule has 0 aliphatic carbocycles. The average molecular weight is 410 g/mol. The highest BCUT2D eigenvalue weighted by Crippen LogP contribution is 2.45. The molecule has 1 saturated heterocycles. The number of hydrogen-bond donors (Lipinski definition) is 1. The average Bonchev–Trinajstić information content (AvgIpc) is 2.63. The number of carbonyl (C=O) groups is 1. The van der Waals surface area contributed by atoms with Gasteiger partial charge in [0, 0.05) is 20.3 Å². The van der Waals surface area contributed by atoms with Gasteiger partial charge in [-0.3, -0.25) is 0 Å². The first-order valence-corrected chi connectivity index (χ1v) is 10.2. The van der Waals surface area contributed by atoms with Crippen LogP contribution in [-0.4, -0.2) is 58.0 Å². The number of aromatic hydroxyl groups is 1. The number of rotatable bonds is 6. The van der Waals surface area contributed by atoms with Crippen molar-refractivity contribution in [3.63, 3.8) is 0 Å². The topological polar surface area (TPSA) is 83.9 Å². The summed E-state index contributed by atoms with van der Waals surface area (Å²) in [5.41, 5.74) is 0.131. The first-order valence-electron chi connectivity index (χ1n) is 8.35. The predicted molar refractivity (Wildman–Crippen MR) is 99.7 cm³/mol. The number of hydrogen-bond acceptors (Lipinski definition) is 6. The zero-order valence-corrected chi connectivity index (χ0v) is 16.7. The maximum Gasteiger partial charge on any atom is 0.192 e. The second kappa shape index (κ2) is 9.53. The number of halogens is 2. The van der Waals surface area contributed by atoms with Gasteiger partial charge in [-0.15, -0.1) is 0 Å². The van der Waals surface area contributed by atoms with Crippen molar-refractivity contribution < 1.29 is 27.4 Å². The molecule has 9 heteroatoms. The molecule has 0 radical (unpaired) electrons. The predicted octanol–water partition coefficient (Wildman–Crippen LogP) is 3.00.